The van der Waals surface area contributed by atoms with E-state index in [1.807, 2.05) is 6.07 Å². The highest BCUT2D eigenvalue weighted by Crippen LogP contribution is 2.07. The van der Waals surface area contributed by atoms with Crippen LogP contribution in [0.5, 0.6) is 0 Å². The lowest BCUT2D eigenvalue weighted by atomic mass is 10.0. The van der Waals surface area contributed by atoms with Crippen molar-refractivity contribution in [2.75, 3.05) is 0 Å². The maximum Gasteiger partial charge on any atom is 0.326 e. The zero-order valence-electron chi connectivity index (χ0n) is 22.1. The molecule has 4 amide bonds. The van der Waals surface area contributed by atoms with Gasteiger partial charge in [0, 0.05) is 43.0 Å². The number of aliphatic carboxylic acids is 1. The zero-order chi connectivity index (χ0) is 29.8. The van der Waals surface area contributed by atoms with Crippen molar-refractivity contribution in [3.63, 3.8) is 0 Å². The number of benzene rings is 1. The smallest absolute Gasteiger partial charge is 0.326 e. The minimum Gasteiger partial charge on any atom is -0.480 e. The number of amides is 4. The summed E-state index contributed by atoms with van der Waals surface area (Å²) in [6, 6.07) is 4.20. The molecule has 0 fully saturated rings. The number of nitrogens with one attached hydrogen (secondary N) is 5. The van der Waals surface area contributed by atoms with Gasteiger partial charge in [0.2, 0.25) is 23.6 Å². The van der Waals surface area contributed by atoms with Crippen molar-refractivity contribution in [1.29, 1.82) is 0 Å². The molecule has 2 heterocycles. The molecule has 15 heteroatoms. The van der Waals surface area contributed by atoms with E-state index in [-0.39, 0.29) is 32.1 Å². The third-order valence-corrected chi connectivity index (χ3v) is 6.15. The number of carbonyl (C=O) groups excluding carboxylic acids is 4. The maximum absolute atomic E-state index is 13.3. The van der Waals surface area contributed by atoms with Crippen molar-refractivity contribution in [3.05, 3.63) is 72.3 Å². The number of hydrogen-bond acceptors (Lipinski definition) is 8. The summed E-state index contributed by atoms with van der Waals surface area (Å²) >= 11 is 0. The number of carboxylic acid groups (broad SMARTS) is 1. The molecule has 0 spiro atoms. The first-order chi connectivity index (χ1) is 19.6. The van der Waals surface area contributed by atoms with Gasteiger partial charge in [-0.15, -0.1) is 0 Å². The standard InChI is InChI=1S/C26H33N9O6/c27-18(8-15-4-2-1-3-5-15)23(37)33-19(6-7-22(28)36)24(38)34-20(9-16-11-29-13-31-16)25(39)35-21(26(40)41)10-17-12-30-14-32-17/h1-5,11-14,18-21H,6-10,27H2,(H2,28,36)(H,29,31)(H,30,32)(H,33,37)(H,34,38)(H,35,39)(H,40,41). The van der Waals surface area contributed by atoms with Crippen LogP contribution in [-0.4, -0.2) is 78.8 Å². The van der Waals surface area contributed by atoms with Gasteiger partial charge in [0.25, 0.3) is 0 Å². The Morgan fingerprint density at radius 2 is 1.32 bits per heavy atom. The summed E-state index contributed by atoms with van der Waals surface area (Å²) in [5, 5.41) is 17.2. The molecule has 41 heavy (non-hydrogen) atoms. The van der Waals surface area contributed by atoms with Crippen LogP contribution in [0.25, 0.3) is 0 Å². The largest absolute Gasteiger partial charge is 0.480 e. The third kappa shape index (κ3) is 9.89. The second-order valence-corrected chi connectivity index (χ2v) is 9.38. The average molecular weight is 568 g/mol. The van der Waals surface area contributed by atoms with Crippen LogP contribution >= 0.6 is 0 Å². The van der Waals surface area contributed by atoms with Gasteiger partial charge in [-0.3, -0.25) is 19.2 Å². The van der Waals surface area contributed by atoms with E-state index in [1.54, 1.807) is 24.3 Å². The molecular weight excluding hydrogens is 534 g/mol. The Bertz CT molecular complexity index is 1300. The number of carbonyl (C=O) groups is 5. The summed E-state index contributed by atoms with van der Waals surface area (Å²) < 4.78 is 0. The highest BCUT2D eigenvalue weighted by Gasteiger charge is 2.31. The Hall–Kier alpha value is -5.05. The fourth-order valence-corrected chi connectivity index (χ4v) is 3.98. The van der Waals surface area contributed by atoms with E-state index < -0.39 is 53.8 Å². The van der Waals surface area contributed by atoms with Crippen LogP contribution in [0, 0.1) is 0 Å². The van der Waals surface area contributed by atoms with E-state index in [4.69, 9.17) is 11.5 Å². The number of imidazole rings is 2. The van der Waals surface area contributed by atoms with Crippen molar-refractivity contribution in [3.8, 4) is 0 Å². The lowest BCUT2D eigenvalue weighted by Crippen LogP contribution is -2.58. The van der Waals surface area contributed by atoms with E-state index in [9.17, 15) is 29.1 Å². The molecule has 10 N–H and O–H groups in total. The van der Waals surface area contributed by atoms with Crippen LogP contribution < -0.4 is 27.4 Å². The lowest BCUT2D eigenvalue weighted by molar-refractivity contribution is -0.142. The van der Waals surface area contributed by atoms with Crippen molar-refractivity contribution >= 4 is 29.6 Å². The van der Waals surface area contributed by atoms with Gasteiger partial charge in [-0.05, 0) is 18.4 Å². The van der Waals surface area contributed by atoms with Crippen LogP contribution in [0.15, 0.2) is 55.4 Å². The molecular formula is C26H33N9O6. The van der Waals surface area contributed by atoms with E-state index in [0.29, 0.717) is 11.4 Å². The molecule has 0 aliphatic rings. The lowest BCUT2D eigenvalue weighted by Gasteiger charge is -2.25. The highest BCUT2D eigenvalue weighted by atomic mass is 16.4. The molecule has 15 nitrogen and oxygen atoms in total. The van der Waals surface area contributed by atoms with E-state index >= 15 is 0 Å². The van der Waals surface area contributed by atoms with E-state index in [0.717, 1.165) is 5.56 Å². The normalized spacial score (nSPS) is 13.8. The van der Waals surface area contributed by atoms with Crippen LogP contribution in [0.3, 0.4) is 0 Å². The molecule has 0 aliphatic heterocycles. The Balaban J connectivity index is 1.74. The number of aromatic amines is 2. The van der Waals surface area contributed by atoms with E-state index in [2.05, 4.69) is 35.9 Å². The first-order valence-electron chi connectivity index (χ1n) is 12.8. The Kier molecular flexibility index (Phi) is 11.1. The molecule has 0 aliphatic carbocycles. The summed E-state index contributed by atoms with van der Waals surface area (Å²) in [5.41, 5.74) is 13.1. The summed E-state index contributed by atoms with van der Waals surface area (Å²) in [5.74, 6) is -4.20. The monoisotopic (exact) mass is 567 g/mol. The molecule has 0 radical (unpaired) electrons. The first kappa shape index (κ1) is 30.5. The molecule has 2 aromatic heterocycles. The topological polar surface area (TPSA) is 251 Å². The number of rotatable bonds is 16. The third-order valence-electron chi connectivity index (χ3n) is 6.15. The van der Waals surface area contributed by atoms with Crippen LogP contribution in [0.2, 0.25) is 0 Å². The first-order valence-corrected chi connectivity index (χ1v) is 12.8. The van der Waals surface area contributed by atoms with Crippen molar-refractivity contribution < 1.29 is 29.1 Å². The minimum absolute atomic E-state index is 0.0715. The molecule has 4 unspecified atom stereocenters. The number of carboxylic acids is 1. The van der Waals surface area contributed by atoms with Gasteiger partial charge >= 0.3 is 5.97 Å². The SMILES string of the molecule is NC(=O)CCC(NC(=O)C(N)Cc1ccccc1)C(=O)NC(Cc1cnc[nH]1)C(=O)NC(Cc1cnc[nH]1)C(=O)O. The van der Waals surface area contributed by atoms with Crippen LogP contribution in [-0.2, 0) is 43.2 Å². The number of aromatic nitrogens is 4. The number of primary amides is 1. The van der Waals surface area contributed by atoms with Gasteiger partial charge < -0.3 is 42.5 Å². The molecule has 0 saturated carbocycles. The fraction of sp³-hybridized carbons (Fsp3) is 0.346. The number of H-pyrrole nitrogens is 2. The minimum atomic E-state index is -1.33. The Morgan fingerprint density at radius 3 is 1.85 bits per heavy atom. The van der Waals surface area contributed by atoms with Crippen molar-refractivity contribution in [2.24, 2.45) is 11.5 Å². The predicted molar refractivity (Wildman–Crippen MR) is 145 cm³/mol. The molecule has 3 rings (SSSR count). The summed E-state index contributed by atoms with van der Waals surface area (Å²) in [7, 11) is 0. The van der Waals surface area contributed by atoms with Gasteiger partial charge in [0.15, 0.2) is 0 Å². The molecule has 4 atom stereocenters. The fourth-order valence-electron chi connectivity index (χ4n) is 3.98. The zero-order valence-corrected chi connectivity index (χ0v) is 22.1. The Labute approximate surface area is 234 Å². The summed E-state index contributed by atoms with van der Waals surface area (Å²) in [4.78, 5) is 76.1. The summed E-state index contributed by atoms with van der Waals surface area (Å²) in [6.07, 6.45) is 5.31. The van der Waals surface area contributed by atoms with Gasteiger partial charge in [-0.1, -0.05) is 30.3 Å². The van der Waals surface area contributed by atoms with E-state index in [1.165, 1.54) is 25.0 Å². The van der Waals surface area contributed by atoms with Crippen LogP contribution in [0.1, 0.15) is 29.8 Å². The molecule has 0 bridgehead atoms. The molecule has 218 valence electrons. The predicted octanol–water partition coefficient (Wildman–Crippen LogP) is -1.71. The second kappa shape index (κ2) is 14.9. The molecule has 0 saturated heterocycles. The van der Waals surface area contributed by atoms with Crippen molar-refractivity contribution in [2.45, 2.75) is 56.3 Å². The quantitative estimate of drug-likeness (QED) is 0.0979. The Morgan fingerprint density at radius 1 is 0.780 bits per heavy atom. The van der Waals surface area contributed by atoms with Gasteiger partial charge in [0.05, 0.1) is 18.7 Å². The average Bonchev–Trinajstić information content (AvgIpc) is 3.65. The molecule has 1 aromatic carbocycles. The number of nitrogens with two attached hydrogens (primary N) is 2. The van der Waals surface area contributed by atoms with Gasteiger partial charge in [0.1, 0.15) is 18.1 Å². The second-order valence-electron chi connectivity index (χ2n) is 9.38. The maximum atomic E-state index is 13.3. The van der Waals surface area contributed by atoms with Gasteiger partial charge in [-0.2, -0.15) is 0 Å². The van der Waals surface area contributed by atoms with Crippen molar-refractivity contribution in [1.82, 2.24) is 35.9 Å². The highest BCUT2D eigenvalue weighted by molar-refractivity contribution is 5.94. The number of nitrogens with zero attached hydrogens (tertiary/aromatic N) is 2. The van der Waals surface area contributed by atoms with Gasteiger partial charge in [-0.25, -0.2) is 14.8 Å². The summed E-state index contributed by atoms with van der Waals surface area (Å²) in [6.45, 7) is 0. The molecule has 3 aromatic rings. The number of hydrogen-bond donors (Lipinski definition) is 8. The van der Waals surface area contributed by atoms with Crippen LogP contribution in [0.4, 0.5) is 0 Å².